The highest BCUT2D eigenvalue weighted by molar-refractivity contribution is 7.92. The summed E-state index contributed by atoms with van der Waals surface area (Å²) in [5, 5.41) is 4.20. The molecule has 0 saturated heterocycles. The summed E-state index contributed by atoms with van der Waals surface area (Å²) in [6.45, 7) is 1.24. The molecule has 8 nitrogen and oxygen atoms in total. The Morgan fingerprint density at radius 1 is 0.769 bits per heavy atom. The average Bonchev–Trinajstić information content (AvgIpc) is 3.39. The van der Waals surface area contributed by atoms with E-state index in [0.29, 0.717) is 30.1 Å². The normalized spacial score (nSPS) is 11.7. The molecule has 0 bridgehead atoms. The zero-order chi connectivity index (χ0) is 26.7. The van der Waals surface area contributed by atoms with Crippen LogP contribution in [0.15, 0.2) is 114 Å². The number of para-hydroxylation sites is 3. The number of imidazole rings is 1. The monoisotopic (exact) mass is 534 g/mol. The molecular weight excluding hydrogens is 508 g/mol. The van der Waals surface area contributed by atoms with Crippen LogP contribution in [0.3, 0.4) is 0 Å². The SMILES string of the molecule is O=S(=O)(c1ccc(CNCc2ccccn2)cc1)N(Cc1nc2ccccc2[nH]1)c1cccc2cccnc12. The third kappa shape index (κ3) is 5.22. The first-order chi connectivity index (χ1) is 19.1. The number of aromatic nitrogens is 4. The van der Waals surface area contributed by atoms with Crippen molar-refractivity contribution in [2.45, 2.75) is 24.5 Å². The molecule has 0 unspecified atom stereocenters. The van der Waals surface area contributed by atoms with Gasteiger partial charge in [0.25, 0.3) is 10.0 Å². The minimum atomic E-state index is -3.96. The quantitative estimate of drug-likeness (QED) is 0.265. The van der Waals surface area contributed by atoms with Crippen molar-refractivity contribution in [3.05, 3.63) is 127 Å². The first-order valence-corrected chi connectivity index (χ1v) is 14.0. The van der Waals surface area contributed by atoms with Crippen LogP contribution in [-0.2, 0) is 29.7 Å². The summed E-state index contributed by atoms with van der Waals surface area (Å²) >= 11 is 0. The van der Waals surface area contributed by atoms with E-state index < -0.39 is 10.0 Å². The second kappa shape index (κ2) is 10.6. The smallest absolute Gasteiger partial charge is 0.264 e. The van der Waals surface area contributed by atoms with Crippen LogP contribution in [0.1, 0.15) is 17.1 Å². The maximum absolute atomic E-state index is 14.1. The highest BCUT2D eigenvalue weighted by Crippen LogP contribution is 2.31. The van der Waals surface area contributed by atoms with Gasteiger partial charge in [0.1, 0.15) is 5.82 Å². The predicted molar refractivity (Wildman–Crippen MR) is 152 cm³/mol. The number of rotatable bonds is 9. The van der Waals surface area contributed by atoms with E-state index in [1.165, 1.54) is 4.31 Å². The van der Waals surface area contributed by atoms with Gasteiger partial charge in [-0.2, -0.15) is 0 Å². The molecule has 0 spiro atoms. The van der Waals surface area contributed by atoms with Crippen LogP contribution in [0.2, 0.25) is 0 Å². The molecule has 194 valence electrons. The van der Waals surface area contributed by atoms with Crippen molar-refractivity contribution in [2.24, 2.45) is 0 Å². The molecule has 0 saturated carbocycles. The first kappa shape index (κ1) is 24.7. The lowest BCUT2D eigenvalue weighted by atomic mass is 10.2. The van der Waals surface area contributed by atoms with Crippen LogP contribution in [0.25, 0.3) is 21.9 Å². The van der Waals surface area contributed by atoms with E-state index in [0.717, 1.165) is 27.7 Å². The van der Waals surface area contributed by atoms with Gasteiger partial charge in [-0.25, -0.2) is 13.4 Å². The fraction of sp³-hybridized carbons (Fsp3) is 0.100. The lowest BCUT2D eigenvalue weighted by Crippen LogP contribution is -2.31. The fourth-order valence-electron chi connectivity index (χ4n) is 4.55. The molecule has 0 amide bonds. The molecule has 0 aliphatic carbocycles. The molecule has 9 heteroatoms. The van der Waals surface area contributed by atoms with Crippen LogP contribution in [-0.4, -0.2) is 28.4 Å². The number of sulfonamides is 1. The number of benzene rings is 3. The van der Waals surface area contributed by atoms with Crippen LogP contribution in [0.5, 0.6) is 0 Å². The minimum Gasteiger partial charge on any atom is -0.340 e. The maximum Gasteiger partial charge on any atom is 0.264 e. The Bertz CT molecular complexity index is 1800. The van der Waals surface area contributed by atoms with Gasteiger partial charge in [0, 0.05) is 30.9 Å². The zero-order valence-electron chi connectivity index (χ0n) is 21.0. The minimum absolute atomic E-state index is 0.0279. The van der Waals surface area contributed by atoms with Crippen molar-refractivity contribution in [3.63, 3.8) is 0 Å². The van der Waals surface area contributed by atoms with Gasteiger partial charge in [0.2, 0.25) is 0 Å². The summed E-state index contributed by atoms with van der Waals surface area (Å²) in [6, 6.07) is 29.7. The fourth-order valence-corrected chi connectivity index (χ4v) is 5.98. The molecule has 0 atom stereocenters. The number of hydrogen-bond donors (Lipinski definition) is 2. The topological polar surface area (TPSA) is 104 Å². The molecule has 3 heterocycles. The lowest BCUT2D eigenvalue weighted by Gasteiger charge is -2.24. The van der Waals surface area contributed by atoms with Crippen molar-refractivity contribution in [1.29, 1.82) is 0 Å². The summed E-state index contributed by atoms with van der Waals surface area (Å²) in [6.07, 6.45) is 3.43. The van der Waals surface area contributed by atoms with E-state index >= 15 is 0 Å². The Hall–Kier alpha value is -4.60. The molecule has 6 aromatic rings. The second-order valence-corrected chi connectivity index (χ2v) is 11.0. The Kier molecular flexibility index (Phi) is 6.75. The van der Waals surface area contributed by atoms with E-state index in [2.05, 4.69) is 25.3 Å². The first-order valence-electron chi connectivity index (χ1n) is 12.6. The number of anilines is 1. The largest absolute Gasteiger partial charge is 0.340 e. The molecule has 3 aromatic carbocycles. The molecule has 2 N–H and O–H groups in total. The van der Waals surface area contributed by atoms with E-state index in [4.69, 9.17) is 0 Å². The molecule has 0 aliphatic heterocycles. The van der Waals surface area contributed by atoms with Gasteiger partial charge in [0.15, 0.2) is 0 Å². The van der Waals surface area contributed by atoms with Crippen molar-refractivity contribution in [3.8, 4) is 0 Å². The number of aromatic amines is 1. The van der Waals surface area contributed by atoms with Gasteiger partial charge in [0.05, 0.1) is 39.4 Å². The number of pyridine rings is 2. The van der Waals surface area contributed by atoms with Crippen molar-refractivity contribution in [2.75, 3.05) is 4.31 Å². The number of hydrogen-bond acceptors (Lipinski definition) is 6. The van der Waals surface area contributed by atoms with Crippen molar-refractivity contribution in [1.82, 2.24) is 25.3 Å². The Morgan fingerprint density at radius 2 is 1.56 bits per heavy atom. The molecule has 0 aliphatic rings. The van der Waals surface area contributed by atoms with E-state index in [9.17, 15) is 8.42 Å². The van der Waals surface area contributed by atoms with E-state index in [1.807, 2.05) is 78.9 Å². The third-order valence-electron chi connectivity index (χ3n) is 6.48. The van der Waals surface area contributed by atoms with Crippen LogP contribution in [0.4, 0.5) is 5.69 Å². The summed E-state index contributed by atoms with van der Waals surface area (Å²) in [4.78, 5) is 16.9. The Balaban J connectivity index is 1.32. The Labute approximate surface area is 226 Å². The van der Waals surface area contributed by atoms with Gasteiger partial charge in [-0.15, -0.1) is 0 Å². The Morgan fingerprint density at radius 3 is 2.38 bits per heavy atom. The van der Waals surface area contributed by atoms with Crippen LogP contribution in [0, 0.1) is 0 Å². The number of nitrogens with one attached hydrogen (secondary N) is 2. The lowest BCUT2D eigenvalue weighted by molar-refractivity contribution is 0.589. The van der Waals surface area contributed by atoms with E-state index in [1.54, 1.807) is 30.6 Å². The summed E-state index contributed by atoms with van der Waals surface area (Å²) < 4.78 is 29.7. The third-order valence-corrected chi connectivity index (χ3v) is 8.26. The average molecular weight is 535 g/mol. The van der Waals surface area contributed by atoms with Gasteiger partial charge < -0.3 is 10.3 Å². The molecule has 39 heavy (non-hydrogen) atoms. The predicted octanol–water partition coefficient (Wildman–Crippen LogP) is 5.19. The molecule has 6 rings (SSSR count). The summed E-state index contributed by atoms with van der Waals surface area (Å²) in [5.41, 5.74) is 4.65. The summed E-state index contributed by atoms with van der Waals surface area (Å²) in [7, 11) is -3.96. The zero-order valence-corrected chi connectivity index (χ0v) is 21.8. The van der Waals surface area contributed by atoms with Crippen LogP contribution < -0.4 is 9.62 Å². The number of nitrogens with zero attached hydrogens (tertiary/aromatic N) is 4. The van der Waals surface area contributed by atoms with Gasteiger partial charge >= 0.3 is 0 Å². The molecular formula is C30H26N6O2S. The second-order valence-electron chi connectivity index (χ2n) is 9.13. The van der Waals surface area contributed by atoms with Crippen LogP contribution >= 0.6 is 0 Å². The van der Waals surface area contributed by atoms with E-state index in [-0.39, 0.29) is 11.4 Å². The molecule has 3 aromatic heterocycles. The number of H-pyrrole nitrogens is 1. The van der Waals surface area contributed by atoms with Gasteiger partial charge in [-0.05, 0) is 54.1 Å². The maximum atomic E-state index is 14.1. The van der Waals surface area contributed by atoms with Crippen molar-refractivity contribution >= 4 is 37.6 Å². The summed E-state index contributed by atoms with van der Waals surface area (Å²) in [5.74, 6) is 0.544. The molecule has 0 radical (unpaired) electrons. The standard InChI is InChI=1S/C30H26N6O2S/c37-39(38,25-15-13-22(14-16-25)19-31-20-24-9-3-4-17-32-24)36(21-29-34-26-10-1-2-11-27(26)35-29)28-12-5-7-23-8-6-18-33-30(23)28/h1-18,31H,19-21H2,(H,34,35). The molecule has 0 fully saturated rings. The highest BCUT2D eigenvalue weighted by Gasteiger charge is 2.28. The van der Waals surface area contributed by atoms with Gasteiger partial charge in [-0.1, -0.05) is 48.5 Å². The van der Waals surface area contributed by atoms with Crippen molar-refractivity contribution < 1.29 is 8.42 Å². The van der Waals surface area contributed by atoms with Gasteiger partial charge in [-0.3, -0.25) is 14.3 Å². The number of fused-ring (bicyclic) bond motifs is 2. The highest BCUT2D eigenvalue weighted by atomic mass is 32.2.